The van der Waals surface area contributed by atoms with Crippen molar-refractivity contribution >= 4 is 11.7 Å². The highest BCUT2D eigenvalue weighted by molar-refractivity contribution is 6.02. The summed E-state index contributed by atoms with van der Waals surface area (Å²) in [7, 11) is 3.51. The minimum atomic E-state index is -0.244. The molecule has 0 aromatic carbocycles. The Morgan fingerprint density at radius 1 is 1.44 bits per heavy atom. The molecule has 0 fully saturated rings. The molecule has 7 nitrogen and oxygen atoms in total. The van der Waals surface area contributed by atoms with Gasteiger partial charge in [-0.1, -0.05) is 0 Å². The number of nitrogens with one attached hydrogen (secondary N) is 1. The van der Waals surface area contributed by atoms with Crippen LogP contribution in [0.1, 0.15) is 21.7 Å². The van der Waals surface area contributed by atoms with Crippen molar-refractivity contribution in [2.24, 2.45) is 19.8 Å². The third kappa shape index (κ3) is 2.25. The minimum Gasteiger partial charge on any atom is -0.326 e. The van der Waals surface area contributed by atoms with Crippen molar-refractivity contribution in [1.82, 2.24) is 19.6 Å². The Morgan fingerprint density at radius 2 is 2.17 bits per heavy atom. The molecule has 2 aromatic heterocycles. The quantitative estimate of drug-likeness (QED) is 0.810. The fourth-order valence-electron chi connectivity index (χ4n) is 1.79. The van der Waals surface area contributed by atoms with Crippen molar-refractivity contribution in [1.29, 1.82) is 0 Å². The molecule has 0 aliphatic carbocycles. The number of carbonyl (C=O) groups excluding carboxylic acids is 1. The average molecular weight is 248 g/mol. The van der Waals surface area contributed by atoms with E-state index in [1.165, 1.54) is 4.68 Å². The van der Waals surface area contributed by atoms with Crippen LogP contribution in [0.25, 0.3) is 0 Å². The van der Waals surface area contributed by atoms with Crippen LogP contribution in [-0.4, -0.2) is 25.5 Å². The standard InChI is InChI=1S/C11H16N6O/c1-7-4-9(17(3)14-7)11(18)13-10-8(5-12)6-16(2)15-10/h4,6H,5,12H2,1-3H3,(H,13,15,18). The van der Waals surface area contributed by atoms with E-state index in [1.807, 2.05) is 6.92 Å². The molecule has 0 unspecified atom stereocenters. The Kier molecular flexibility index (Phi) is 3.15. The second-order valence-electron chi connectivity index (χ2n) is 4.13. The summed E-state index contributed by atoms with van der Waals surface area (Å²) in [5.41, 5.74) is 7.67. The summed E-state index contributed by atoms with van der Waals surface area (Å²) < 4.78 is 3.15. The number of aryl methyl sites for hydroxylation is 3. The number of carbonyl (C=O) groups is 1. The summed E-state index contributed by atoms with van der Waals surface area (Å²) >= 11 is 0. The van der Waals surface area contributed by atoms with Crippen molar-refractivity contribution in [2.45, 2.75) is 13.5 Å². The highest BCUT2D eigenvalue weighted by Crippen LogP contribution is 2.13. The van der Waals surface area contributed by atoms with E-state index in [4.69, 9.17) is 5.73 Å². The maximum absolute atomic E-state index is 12.1. The largest absolute Gasteiger partial charge is 0.326 e. The summed E-state index contributed by atoms with van der Waals surface area (Å²) in [6.07, 6.45) is 1.78. The SMILES string of the molecule is Cc1cc(C(=O)Nc2nn(C)cc2CN)n(C)n1. The van der Waals surface area contributed by atoms with Crippen LogP contribution in [0.5, 0.6) is 0 Å². The Morgan fingerprint density at radius 3 is 2.72 bits per heavy atom. The van der Waals surface area contributed by atoms with E-state index < -0.39 is 0 Å². The Hall–Kier alpha value is -2.15. The van der Waals surface area contributed by atoms with Gasteiger partial charge in [0.15, 0.2) is 5.82 Å². The fourth-order valence-corrected chi connectivity index (χ4v) is 1.79. The highest BCUT2D eigenvalue weighted by Gasteiger charge is 2.15. The zero-order chi connectivity index (χ0) is 13.3. The number of aromatic nitrogens is 4. The van der Waals surface area contributed by atoms with Gasteiger partial charge in [-0.25, -0.2) is 0 Å². The van der Waals surface area contributed by atoms with Crippen LogP contribution in [-0.2, 0) is 20.6 Å². The summed E-state index contributed by atoms with van der Waals surface area (Å²) in [6.45, 7) is 2.16. The van der Waals surface area contributed by atoms with E-state index in [0.717, 1.165) is 11.3 Å². The first-order valence-corrected chi connectivity index (χ1v) is 5.56. The van der Waals surface area contributed by atoms with E-state index in [-0.39, 0.29) is 5.91 Å². The van der Waals surface area contributed by atoms with Gasteiger partial charge in [0, 0.05) is 32.4 Å². The molecule has 7 heteroatoms. The molecule has 0 bridgehead atoms. The zero-order valence-electron chi connectivity index (χ0n) is 10.6. The maximum Gasteiger partial charge on any atom is 0.275 e. The molecule has 0 aliphatic rings. The number of amides is 1. The zero-order valence-corrected chi connectivity index (χ0v) is 10.6. The lowest BCUT2D eigenvalue weighted by Crippen LogP contribution is -2.17. The third-order valence-electron chi connectivity index (χ3n) is 2.59. The van der Waals surface area contributed by atoms with Crippen LogP contribution in [0.15, 0.2) is 12.3 Å². The molecule has 0 aliphatic heterocycles. The summed E-state index contributed by atoms with van der Waals surface area (Å²) in [6, 6.07) is 1.72. The van der Waals surface area contributed by atoms with Gasteiger partial charge in [0.05, 0.1) is 5.69 Å². The first-order valence-electron chi connectivity index (χ1n) is 5.56. The van der Waals surface area contributed by atoms with Crippen LogP contribution >= 0.6 is 0 Å². The number of nitrogens with zero attached hydrogens (tertiary/aromatic N) is 4. The number of rotatable bonds is 3. The first-order chi connectivity index (χ1) is 8.51. The van der Waals surface area contributed by atoms with Gasteiger partial charge >= 0.3 is 0 Å². The number of anilines is 1. The third-order valence-corrected chi connectivity index (χ3v) is 2.59. The first kappa shape index (κ1) is 12.3. The predicted octanol–water partition coefficient (Wildman–Crippen LogP) is 0.173. The van der Waals surface area contributed by atoms with Gasteiger partial charge in [0.2, 0.25) is 0 Å². The molecule has 18 heavy (non-hydrogen) atoms. The molecular weight excluding hydrogens is 232 g/mol. The molecular formula is C11H16N6O. The van der Waals surface area contributed by atoms with Gasteiger partial charge in [-0.15, -0.1) is 0 Å². The molecule has 3 N–H and O–H groups in total. The lowest BCUT2D eigenvalue weighted by atomic mass is 10.3. The highest BCUT2D eigenvalue weighted by atomic mass is 16.2. The summed E-state index contributed by atoms with van der Waals surface area (Å²) in [5.74, 6) is 0.246. The molecule has 0 spiro atoms. The molecule has 0 radical (unpaired) electrons. The molecule has 0 saturated carbocycles. The van der Waals surface area contributed by atoms with Gasteiger partial charge in [0.1, 0.15) is 5.69 Å². The maximum atomic E-state index is 12.1. The summed E-state index contributed by atoms with van der Waals surface area (Å²) in [4.78, 5) is 12.1. The van der Waals surface area contributed by atoms with Gasteiger partial charge < -0.3 is 11.1 Å². The Balaban J connectivity index is 2.23. The van der Waals surface area contributed by atoms with Crippen LogP contribution in [0.4, 0.5) is 5.82 Å². The molecule has 2 aromatic rings. The topological polar surface area (TPSA) is 90.8 Å². The molecule has 2 rings (SSSR count). The van der Waals surface area contributed by atoms with E-state index >= 15 is 0 Å². The number of nitrogens with two attached hydrogens (primary N) is 1. The van der Waals surface area contributed by atoms with E-state index in [1.54, 1.807) is 31.0 Å². The molecule has 0 saturated heterocycles. The smallest absolute Gasteiger partial charge is 0.275 e. The van der Waals surface area contributed by atoms with Crippen molar-refractivity contribution in [2.75, 3.05) is 5.32 Å². The monoisotopic (exact) mass is 248 g/mol. The predicted molar refractivity (Wildman–Crippen MR) is 67.0 cm³/mol. The molecule has 2 heterocycles. The Labute approximate surface area is 105 Å². The second kappa shape index (κ2) is 4.61. The van der Waals surface area contributed by atoms with Gasteiger partial charge in [-0.2, -0.15) is 10.2 Å². The molecule has 1 amide bonds. The van der Waals surface area contributed by atoms with E-state index in [9.17, 15) is 4.79 Å². The summed E-state index contributed by atoms with van der Waals surface area (Å²) in [5, 5.41) is 11.0. The van der Waals surface area contributed by atoms with E-state index in [2.05, 4.69) is 15.5 Å². The van der Waals surface area contributed by atoms with Crippen LogP contribution < -0.4 is 11.1 Å². The normalized spacial score (nSPS) is 10.7. The molecule has 96 valence electrons. The average Bonchev–Trinajstić information content (AvgIpc) is 2.81. The second-order valence-corrected chi connectivity index (χ2v) is 4.13. The van der Waals surface area contributed by atoms with Crippen molar-refractivity contribution < 1.29 is 4.79 Å². The van der Waals surface area contributed by atoms with Crippen LogP contribution in [0.2, 0.25) is 0 Å². The van der Waals surface area contributed by atoms with Gasteiger partial charge in [0.25, 0.3) is 5.91 Å². The number of hydrogen-bond acceptors (Lipinski definition) is 4. The number of hydrogen-bond donors (Lipinski definition) is 2. The fraction of sp³-hybridized carbons (Fsp3) is 0.364. The van der Waals surface area contributed by atoms with Crippen LogP contribution in [0, 0.1) is 6.92 Å². The van der Waals surface area contributed by atoms with Crippen molar-refractivity contribution in [3.63, 3.8) is 0 Å². The van der Waals surface area contributed by atoms with Crippen molar-refractivity contribution in [3.8, 4) is 0 Å². The molecule has 0 atom stereocenters. The minimum absolute atomic E-state index is 0.244. The Bertz CT molecular complexity index is 582. The van der Waals surface area contributed by atoms with Gasteiger partial charge in [-0.05, 0) is 13.0 Å². The van der Waals surface area contributed by atoms with Crippen LogP contribution in [0.3, 0.4) is 0 Å². The van der Waals surface area contributed by atoms with E-state index in [0.29, 0.717) is 18.1 Å². The van der Waals surface area contributed by atoms with Gasteiger partial charge in [-0.3, -0.25) is 14.2 Å². The van der Waals surface area contributed by atoms with Crippen molar-refractivity contribution in [3.05, 3.63) is 29.2 Å². The lowest BCUT2D eigenvalue weighted by Gasteiger charge is -2.03. The lowest BCUT2D eigenvalue weighted by molar-refractivity contribution is 0.101.